The van der Waals surface area contributed by atoms with Crippen molar-refractivity contribution in [1.82, 2.24) is 4.98 Å². The number of rotatable bonds is 3. The molecule has 3 nitrogen and oxygen atoms in total. The van der Waals surface area contributed by atoms with E-state index in [1.165, 1.54) is 10.4 Å². The number of hydrogen-bond acceptors (Lipinski definition) is 3. The molecule has 5 heteroatoms. The van der Waals surface area contributed by atoms with Crippen molar-refractivity contribution in [3.63, 3.8) is 0 Å². The number of nitrogens with one attached hydrogen (secondary N) is 1. The van der Waals surface area contributed by atoms with Gasteiger partial charge in [0.2, 0.25) is 0 Å². The summed E-state index contributed by atoms with van der Waals surface area (Å²) in [5.74, 6) is 0.416. The molecular weight excluding hydrogens is 396 g/mol. The van der Waals surface area contributed by atoms with Crippen LogP contribution in [-0.4, -0.2) is 10.9 Å². The van der Waals surface area contributed by atoms with E-state index in [4.69, 9.17) is 0 Å². The Kier molecular flexibility index (Phi) is 4.68. The number of halogens is 1. The number of anilines is 1. The minimum atomic E-state index is -0.127. The standard InChI is InChI=1S/C20H17BrN2OS/c21-16-9-5-4-8-15(16)19(24)23-20-22-17-11-10-14(12-18(17)25-20)13-6-2-1-3-7-13/h1-9,14H,10-12H2,(H,22,23,24)/t14-/m0/s1. The van der Waals surface area contributed by atoms with E-state index in [0.717, 1.165) is 29.4 Å². The first-order chi connectivity index (χ1) is 12.2. The molecule has 0 spiro atoms. The van der Waals surface area contributed by atoms with Crippen molar-refractivity contribution < 1.29 is 4.79 Å². The lowest BCUT2D eigenvalue weighted by Crippen LogP contribution is -2.12. The second-order valence-electron chi connectivity index (χ2n) is 6.17. The molecule has 0 saturated heterocycles. The fraction of sp³-hybridized carbons (Fsp3) is 0.200. The average Bonchev–Trinajstić information content (AvgIpc) is 3.04. The summed E-state index contributed by atoms with van der Waals surface area (Å²) < 4.78 is 0.790. The maximum Gasteiger partial charge on any atom is 0.258 e. The highest BCUT2D eigenvalue weighted by Crippen LogP contribution is 2.37. The predicted molar refractivity (Wildman–Crippen MR) is 105 cm³/mol. The Labute approximate surface area is 159 Å². The zero-order valence-corrected chi connectivity index (χ0v) is 15.9. The van der Waals surface area contributed by atoms with Gasteiger partial charge in [0.1, 0.15) is 0 Å². The lowest BCUT2D eigenvalue weighted by Gasteiger charge is -2.21. The molecule has 0 radical (unpaired) electrons. The molecule has 1 heterocycles. The Morgan fingerprint density at radius 2 is 1.88 bits per heavy atom. The summed E-state index contributed by atoms with van der Waals surface area (Å²) in [6, 6.07) is 18.1. The van der Waals surface area contributed by atoms with Crippen LogP contribution in [0.2, 0.25) is 0 Å². The molecule has 1 aliphatic rings. The van der Waals surface area contributed by atoms with E-state index >= 15 is 0 Å². The van der Waals surface area contributed by atoms with Crippen LogP contribution in [0.1, 0.15) is 38.8 Å². The zero-order chi connectivity index (χ0) is 17.2. The van der Waals surface area contributed by atoms with Gasteiger partial charge in [0.15, 0.2) is 5.13 Å². The Morgan fingerprint density at radius 1 is 1.12 bits per heavy atom. The second kappa shape index (κ2) is 7.10. The van der Waals surface area contributed by atoms with Crippen LogP contribution in [0, 0.1) is 0 Å². The molecule has 0 unspecified atom stereocenters. The normalized spacial score (nSPS) is 16.3. The van der Waals surface area contributed by atoms with Crippen molar-refractivity contribution in [3.8, 4) is 0 Å². The van der Waals surface area contributed by atoms with E-state index in [1.807, 2.05) is 18.2 Å². The minimum absolute atomic E-state index is 0.127. The van der Waals surface area contributed by atoms with Crippen molar-refractivity contribution in [2.24, 2.45) is 0 Å². The van der Waals surface area contributed by atoms with Gasteiger partial charge in [0, 0.05) is 9.35 Å². The van der Waals surface area contributed by atoms with E-state index in [9.17, 15) is 4.79 Å². The van der Waals surface area contributed by atoms with Gasteiger partial charge >= 0.3 is 0 Å². The molecule has 2 aromatic carbocycles. The van der Waals surface area contributed by atoms with Crippen LogP contribution in [0.4, 0.5) is 5.13 Å². The zero-order valence-electron chi connectivity index (χ0n) is 13.5. The van der Waals surface area contributed by atoms with Gasteiger partial charge < -0.3 is 0 Å². The molecule has 1 aromatic heterocycles. The maximum absolute atomic E-state index is 12.5. The fourth-order valence-electron chi connectivity index (χ4n) is 3.25. The quantitative estimate of drug-likeness (QED) is 0.622. The van der Waals surface area contributed by atoms with Crippen LogP contribution >= 0.6 is 27.3 Å². The topological polar surface area (TPSA) is 42.0 Å². The summed E-state index contributed by atoms with van der Waals surface area (Å²) in [6.45, 7) is 0. The highest BCUT2D eigenvalue weighted by atomic mass is 79.9. The lowest BCUT2D eigenvalue weighted by atomic mass is 9.85. The molecule has 1 atom stereocenters. The smallest absolute Gasteiger partial charge is 0.258 e. The fourth-order valence-corrected chi connectivity index (χ4v) is 4.80. The molecule has 1 amide bonds. The largest absolute Gasteiger partial charge is 0.298 e. The first-order valence-electron chi connectivity index (χ1n) is 8.30. The van der Waals surface area contributed by atoms with E-state index in [0.29, 0.717) is 16.6 Å². The molecule has 0 bridgehead atoms. The van der Waals surface area contributed by atoms with Crippen molar-refractivity contribution in [2.75, 3.05) is 5.32 Å². The second-order valence-corrected chi connectivity index (χ2v) is 8.11. The molecule has 3 aromatic rings. The van der Waals surface area contributed by atoms with Crippen LogP contribution in [-0.2, 0) is 12.8 Å². The molecule has 4 rings (SSSR count). The highest BCUT2D eigenvalue weighted by molar-refractivity contribution is 9.10. The van der Waals surface area contributed by atoms with Gasteiger partial charge in [-0.25, -0.2) is 4.98 Å². The summed E-state index contributed by atoms with van der Waals surface area (Å²) in [5, 5.41) is 3.64. The van der Waals surface area contributed by atoms with Crippen LogP contribution in [0.25, 0.3) is 0 Å². The summed E-state index contributed by atoms with van der Waals surface area (Å²) in [4.78, 5) is 18.4. The first-order valence-corrected chi connectivity index (χ1v) is 9.91. The van der Waals surface area contributed by atoms with Gasteiger partial charge in [-0.3, -0.25) is 10.1 Å². The molecule has 25 heavy (non-hydrogen) atoms. The molecule has 0 fully saturated rings. The number of aryl methyl sites for hydroxylation is 1. The molecule has 0 aliphatic heterocycles. The van der Waals surface area contributed by atoms with Crippen molar-refractivity contribution in [2.45, 2.75) is 25.2 Å². The third-order valence-electron chi connectivity index (χ3n) is 4.55. The van der Waals surface area contributed by atoms with E-state index < -0.39 is 0 Å². The van der Waals surface area contributed by atoms with Crippen molar-refractivity contribution >= 4 is 38.3 Å². The number of aromatic nitrogens is 1. The number of carbonyl (C=O) groups is 1. The Bertz CT molecular complexity index is 907. The van der Waals surface area contributed by atoms with Gasteiger partial charge in [0.05, 0.1) is 11.3 Å². The van der Waals surface area contributed by atoms with Crippen LogP contribution in [0.5, 0.6) is 0 Å². The number of benzene rings is 2. The average molecular weight is 413 g/mol. The van der Waals surface area contributed by atoms with E-state index in [-0.39, 0.29) is 5.91 Å². The lowest BCUT2D eigenvalue weighted by molar-refractivity contribution is 0.102. The Hall–Kier alpha value is -1.98. The van der Waals surface area contributed by atoms with Crippen LogP contribution < -0.4 is 5.32 Å². The van der Waals surface area contributed by atoms with Crippen molar-refractivity contribution in [3.05, 3.63) is 80.8 Å². The third-order valence-corrected chi connectivity index (χ3v) is 6.28. The SMILES string of the molecule is O=C(Nc1nc2c(s1)C[C@@H](c1ccccc1)CC2)c1ccccc1Br. The van der Waals surface area contributed by atoms with Gasteiger partial charge in [-0.05, 0) is 58.8 Å². The number of thiazole rings is 1. The van der Waals surface area contributed by atoms with Gasteiger partial charge in [-0.15, -0.1) is 11.3 Å². The van der Waals surface area contributed by atoms with Crippen LogP contribution in [0.15, 0.2) is 59.1 Å². The van der Waals surface area contributed by atoms with E-state index in [1.54, 1.807) is 17.4 Å². The molecule has 126 valence electrons. The summed E-state index contributed by atoms with van der Waals surface area (Å²) in [5.41, 5.74) is 3.15. The summed E-state index contributed by atoms with van der Waals surface area (Å²) >= 11 is 5.03. The Morgan fingerprint density at radius 3 is 2.68 bits per heavy atom. The van der Waals surface area contributed by atoms with Gasteiger partial charge in [-0.2, -0.15) is 0 Å². The highest BCUT2D eigenvalue weighted by Gasteiger charge is 2.24. The Balaban J connectivity index is 1.51. The van der Waals surface area contributed by atoms with E-state index in [2.05, 4.69) is 56.6 Å². The number of hydrogen-bond donors (Lipinski definition) is 1. The molecular formula is C20H17BrN2OS. The number of fused-ring (bicyclic) bond motifs is 1. The van der Waals surface area contributed by atoms with Gasteiger partial charge in [-0.1, -0.05) is 42.5 Å². The van der Waals surface area contributed by atoms with Gasteiger partial charge in [0.25, 0.3) is 5.91 Å². The molecule has 0 saturated carbocycles. The molecule has 1 aliphatic carbocycles. The van der Waals surface area contributed by atoms with Crippen molar-refractivity contribution in [1.29, 1.82) is 0 Å². The predicted octanol–water partition coefficient (Wildman–Crippen LogP) is 5.43. The molecule has 1 N–H and O–H groups in total. The van der Waals surface area contributed by atoms with Crippen LogP contribution in [0.3, 0.4) is 0 Å². The first kappa shape index (κ1) is 16.5. The third kappa shape index (κ3) is 3.53. The monoisotopic (exact) mass is 412 g/mol. The number of carbonyl (C=O) groups excluding carboxylic acids is 1. The number of nitrogens with zero attached hydrogens (tertiary/aromatic N) is 1. The summed E-state index contributed by atoms with van der Waals surface area (Å²) in [7, 11) is 0. The minimum Gasteiger partial charge on any atom is -0.298 e. The number of amides is 1. The summed E-state index contributed by atoms with van der Waals surface area (Å²) in [6.07, 6.45) is 3.08. The maximum atomic E-state index is 12.5.